The summed E-state index contributed by atoms with van der Waals surface area (Å²) in [7, 11) is 0. The summed E-state index contributed by atoms with van der Waals surface area (Å²) in [4.78, 5) is 25.9. The Morgan fingerprint density at radius 2 is 1.91 bits per heavy atom. The molecule has 0 saturated carbocycles. The first-order valence-electron chi connectivity index (χ1n) is 6.25. The molecule has 0 spiro atoms. The fraction of sp³-hybridized carbons (Fsp3) is 0. The molecule has 0 radical (unpaired) electrons. The molecule has 0 aliphatic carbocycles. The van der Waals surface area contributed by atoms with Crippen LogP contribution in [-0.4, -0.2) is 16.9 Å². The van der Waals surface area contributed by atoms with Crippen LogP contribution in [0.2, 0.25) is 5.02 Å². The Bertz CT molecular complexity index is 782. The fourth-order valence-electron chi connectivity index (χ4n) is 2.01. The van der Waals surface area contributed by atoms with E-state index in [9.17, 15) is 9.59 Å². The van der Waals surface area contributed by atoms with Gasteiger partial charge in [-0.05, 0) is 48.6 Å². The van der Waals surface area contributed by atoms with Crippen molar-refractivity contribution in [2.24, 2.45) is 0 Å². The third kappa shape index (κ3) is 2.66. The first-order chi connectivity index (χ1) is 10.6. The number of rotatable bonds is 2. The maximum atomic E-state index is 12.6. The molecule has 5 nitrogen and oxygen atoms in total. The van der Waals surface area contributed by atoms with Crippen LogP contribution in [0, 0.1) is 0 Å². The number of thiocarbonyl (C=S) groups is 1. The van der Waals surface area contributed by atoms with Crippen molar-refractivity contribution in [2.75, 3.05) is 4.90 Å². The molecular weight excluding hydrogens is 324 g/mol. The monoisotopic (exact) mass is 332 g/mol. The Hall–Kier alpha value is -2.44. The summed E-state index contributed by atoms with van der Waals surface area (Å²) >= 11 is 10.9. The molecule has 2 amide bonds. The first kappa shape index (κ1) is 14.5. The van der Waals surface area contributed by atoms with E-state index in [1.54, 1.807) is 30.3 Å². The summed E-state index contributed by atoms with van der Waals surface area (Å²) in [6.07, 6.45) is 4.35. The summed E-state index contributed by atoms with van der Waals surface area (Å²) in [5.74, 6) is -1.04. The molecule has 0 bridgehead atoms. The number of anilines is 1. The van der Waals surface area contributed by atoms with Crippen LogP contribution in [0.5, 0.6) is 0 Å². The number of hydrogen-bond acceptors (Lipinski definition) is 4. The molecule has 0 unspecified atom stereocenters. The molecule has 22 heavy (non-hydrogen) atoms. The van der Waals surface area contributed by atoms with E-state index in [0.717, 1.165) is 0 Å². The van der Waals surface area contributed by atoms with Crippen LogP contribution in [0.3, 0.4) is 0 Å². The van der Waals surface area contributed by atoms with Gasteiger partial charge in [-0.25, -0.2) is 0 Å². The zero-order valence-corrected chi connectivity index (χ0v) is 12.6. The second-order valence-corrected chi connectivity index (χ2v) is 5.31. The predicted octanol–water partition coefficient (Wildman–Crippen LogP) is 2.76. The topological polar surface area (TPSA) is 62.6 Å². The number of carbonyl (C=O) groups is 2. The lowest BCUT2D eigenvalue weighted by molar-refractivity contribution is -0.122. The van der Waals surface area contributed by atoms with Crippen molar-refractivity contribution in [1.82, 2.24) is 5.32 Å². The van der Waals surface area contributed by atoms with Gasteiger partial charge in [0.05, 0.1) is 18.2 Å². The van der Waals surface area contributed by atoms with Crippen LogP contribution in [0.4, 0.5) is 5.69 Å². The Morgan fingerprint density at radius 1 is 1.18 bits per heavy atom. The molecule has 1 aromatic heterocycles. The third-order valence-electron chi connectivity index (χ3n) is 3.04. The van der Waals surface area contributed by atoms with Gasteiger partial charge < -0.3 is 4.42 Å². The lowest BCUT2D eigenvalue weighted by Gasteiger charge is -2.28. The van der Waals surface area contributed by atoms with Crippen molar-refractivity contribution in [3.8, 4) is 0 Å². The second kappa shape index (κ2) is 5.75. The smallest absolute Gasteiger partial charge is 0.270 e. The third-order valence-corrected chi connectivity index (χ3v) is 3.58. The second-order valence-electron chi connectivity index (χ2n) is 4.49. The Kier molecular flexibility index (Phi) is 3.79. The van der Waals surface area contributed by atoms with E-state index in [0.29, 0.717) is 16.3 Å². The van der Waals surface area contributed by atoms with Gasteiger partial charge >= 0.3 is 0 Å². The molecule has 7 heteroatoms. The molecule has 1 fully saturated rings. The number of halogens is 1. The predicted molar refractivity (Wildman–Crippen MR) is 86.4 cm³/mol. The van der Waals surface area contributed by atoms with E-state index in [4.69, 9.17) is 28.2 Å². The standard InChI is InChI=1S/C15H9ClN2O3S/c16-10-1-3-11(4-2-10)18-14(20)12(13(19)17-15(18)22)7-9-5-6-21-8-9/h1-8H,(H,17,19,22)/b12-7+. The molecule has 3 rings (SSSR count). The summed E-state index contributed by atoms with van der Waals surface area (Å²) in [5.41, 5.74) is 1.12. The molecule has 0 atom stereocenters. The summed E-state index contributed by atoms with van der Waals surface area (Å²) in [6, 6.07) is 8.23. The van der Waals surface area contributed by atoms with E-state index in [2.05, 4.69) is 5.32 Å². The van der Waals surface area contributed by atoms with Crippen molar-refractivity contribution in [1.29, 1.82) is 0 Å². The fourth-order valence-corrected chi connectivity index (χ4v) is 2.41. The van der Waals surface area contributed by atoms with Crippen LogP contribution in [0.1, 0.15) is 5.56 Å². The highest BCUT2D eigenvalue weighted by Crippen LogP contribution is 2.23. The minimum Gasteiger partial charge on any atom is -0.472 e. The summed E-state index contributed by atoms with van der Waals surface area (Å²) < 4.78 is 4.93. The van der Waals surface area contributed by atoms with Crippen molar-refractivity contribution in [2.45, 2.75) is 0 Å². The molecule has 1 saturated heterocycles. The van der Waals surface area contributed by atoms with Crippen molar-refractivity contribution >= 4 is 52.5 Å². The van der Waals surface area contributed by atoms with Gasteiger partial charge in [-0.15, -0.1) is 0 Å². The maximum absolute atomic E-state index is 12.6. The molecule has 2 heterocycles. The maximum Gasteiger partial charge on any atom is 0.270 e. The number of hydrogen-bond donors (Lipinski definition) is 1. The minimum atomic E-state index is -0.540. The Morgan fingerprint density at radius 3 is 2.55 bits per heavy atom. The van der Waals surface area contributed by atoms with Gasteiger partial charge in [0.1, 0.15) is 5.57 Å². The van der Waals surface area contributed by atoms with Crippen molar-refractivity contribution in [3.63, 3.8) is 0 Å². The average Bonchev–Trinajstić information content (AvgIpc) is 2.98. The van der Waals surface area contributed by atoms with Crippen molar-refractivity contribution in [3.05, 3.63) is 59.0 Å². The van der Waals surface area contributed by atoms with Crippen molar-refractivity contribution < 1.29 is 14.0 Å². The number of furan rings is 1. The van der Waals surface area contributed by atoms with Crippen LogP contribution < -0.4 is 10.2 Å². The zero-order chi connectivity index (χ0) is 15.7. The molecule has 1 aliphatic heterocycles. The number of amides is 2. The highest BCUT2D eigenvalue weighted by atomic mass is 35.5. The Labute approximate surface area is 136 Å². The van der Waals surface area contributed by atoms with Gasteiger partial charge in [0.15, 0.2) is 5.11 Å². The van der Waals surface area contributed by atoms with Crippen LogP contribution in [-0.2, 0) is 9.59 Å². The quantitative estimate of drug-likeness (QED) is 0.522. The minimum absolute atomic E-state index is 0.0232. The van der Waals surface area contributed by atoms with Gasteiger partial charge in [0.25, 0.3) is 11.8 Å². The van der Waals surface area contributed by atoms with E-state index < -0.39 is 11.8 Å². The van der Waals surface area contributed by atoms with E-state index in [1.807, 2.05) is 0 Å². The lowest BCUT2D eigenvalue weighted by atomic mass is 10.1. The largest absolute Gasteiger partial charge is 0.472 e. The molecule has 2 aromatic rings. The highest BCUT2D eigenvalue weighted by Gasteiger charge is 2.34. The highest BCUT2D eigenvalue weighted by molar-refractivity contribution is 7.80. The van der Waals surface area contributed by atoms with E-state index in [-0.39, 0.29) is 10.7 Å². The molecule has 110 valence electrons. The molecular formula is C15H9ClN2O3S. The number of nitrogens with one attached hydrogen (secondary N) is 1. The van der Waals surface area contributed by atoms with Gasteiger partial charge in [-0.3, -0.25) is 19.8 Å². The van der Waals surface area contributed by atoms with Gasteiger partial charge in [0, 0.05) is 10.6 Å². The zero-order valence-electron chi connectivity index (χ0n) is 11.1. The SMILES string of the molecule is O=C1NC(=S)N(c2ccc(Cl)cc2)C(=O)/C1=C/c1ccoc1. The number of benzene rings is 1. The lowest BCUT2D eigenvalue weighted by Crippen LogP contribution is -2.54. The van der Waals surface area contributed by atoms with E-state index in [1.165, 1.54) is 23.5 Å². The van der Waals surface area contributed by atoms with E-state index >= 15 is 0 Å². The van der Waals surface area contributed by atoms with Crippen LogP contribution in [0.25, 0.3) is 6.08 Å². The first-order valence-corrected chi connectivity index (χ1v) is 7.04. The van der Waals surface area contributed by atoms with Gasteiger partial charge in [-0.2, -0.15) is 0 Å². The van der Waals surface area contributed by atoms with Crippen LogP contribution in [0.15, 0.2) is 52.8 Å². The molecule has 1 aliphatic rings. The molecule has 1 aromatic carbocycles. The number of carbonyl (C=O) groups excluding carboxylic acids is 2. The summed E-state index contributed by atoms with van der Waals surface area (Å²) in [5, 5.41) is 3.07. The Balaban J connectivity index is 2.01. The van der Waals surface area contributed by atoms with Gasteiger partial charge in [-0.1, -0.05) is 11.6 Å². The average molecular weight is 333 g/mol. The normalized spacial score (nSPS) is 17.0. The summed E-state index contributed by atoms with van der Waals surface area (Å²) in [6.45, 7) is 0. The van der Waals surface area contributed by atoms with Crippen LogP contribution >= 0.6 is 23.8 Å². The van der Waals surface area contributed by atoms with Gasteiger partial charge in [0.2, 0.25) is 0 Å². The molecule has 1 N–H and O–H groups in total. The number of nitrogens with zero attached hydrogens (tertiary/aromatic N) is 1.